The van der Waals surface area contributed by atoms with E-state index in [1.807, 2.05) is 21.0 Å². The summed E-state index contributed by atoms with van der Waals surface area (Å²) in [4.78, 5) is 25.5. The van der Waals surface area contributed by atoms with Crippen LogP contribution in [0.1, 0.15) is 13.3 Å². The topological polar surface area (TPSA) is 92.3 Å². The minimum atomic E-state index is -0.277. The maximum Gasteiger partial charge on any atom is 0.307 e. The summed E-state index contributed by atoms with van der Waals surface area (Å²) in [5.74, 6) is 1.20. The van der Waals surface area contributed by atoms with Gasteiger partial charge in [-0.1, -0.05) is 0 Å². The number of rotatable bonds is 7. The van der Waals surface area contributed by atoms with E-state index in [9.17, 15) is 4.79 Å². The van der Waals surface area contributed by atoms with Gasteiger partial charge in [-0.2, -0.15) is 15.0 Å². The van der Waals surface area contributed by atoms with Crippen LogP contribution >= 0.6 is 0 Å². The van der Waals surface area contributed by atoms with Gasteiger partial charge in [0.15, 0.2) is 0 Å². The Morgan fingerprint density at radius 1 is 1.21 bits per heavy atom. The van der Waals surface area contributed by atoms with Gasteiger partial charge in [0.2, 0.25) is 17.8 Å². The third kappa shape index (κ3) is 4.94. The van der Waals surface area contributed by atoms with Crippen LogP contribution in [-0.2, 0) is 9.53 Å². The van der Waals surface area contributed by atoms with E-state index in [1.54, 1.807) is 4.90 Å². The number of hydrogen-bond donors (Lipinski definition) is 2. The number of carbonyl (C=O) groups is 1. The molecule has 0 amide bonds. The number of esters is 1. The molecule has 0 bridgehead atoms. The molecule has 0 saturated heterocycles. The average Bonchev–Trinajstić information content (AvgIpc) is 2.38. The van der Waals surface area contributed by atoms with Crippen molar-refractivity contribution in [1.29, 1.82) is 0 Å². The minimum Gasteiger partial charge on any atom is -0.469 e. The molecule has 0 aromatic carbocycles. The summed E-state index contributed by atoms with van der Waals surface area (Å²) in [6.45, 7) is 3.09. The van der Waals surface area contributed by atoms with E-state index in [1.165, 1.54) is 7.11 Å². The van der Waals surface area contributed by atoms with E-state index >= 15 is 0 Å². The van der Waals surface area contributed by atoms with Crippen molar-refractivity contribution < 1.29 is 9.53 Å². The van der Waals surface area contributed by atoms with Gasteiger partial charge in [0, 0.05) is 27.2 Å². The number of nitrogens with zero attached hydrogens (tertiary/aromatic N) is 4. The van der Waals surface area contributed by atoms with E-state index in [-0.39, 0.29) is 12.4 Å². The summed E-state index contributed by atoms with van der Waals surface area (Å²) >= 11 is 0. The third-order valence-corrected chi connectivity index (χ3v) is 2.20. The Morgan fingerprint density at radius 2 is 1.84 bits per heavy atom. The molecule has 0 aliphatic rings. The molecule has 0 spiro atoms. The molecule has 1 heterocycles. The Labute approximate surface area is 112 Å². The summed E-state index contributed by atoms with van der Waals surface area (Å²) < 4.78 is 4.56. The normalized spacial score (nSPS) is 9.89. The highest BCUT2D eigenvalue weighted by molar-refractivity contribution is 5.69. The lowest BCUT2D eigenvalue weighted by molar-refractivity contribution is -0.140. The summed E-state index contributed by atoms with van der Waals surface area (Å²) in [5.41, 5.74) is 0. The molecular formula is C11H20N6O2. The second kappa shape index (κ2) is 7.34. The summed E-state index contributed by atoms with van der Waals surface area (Å²) in [5, 5.41) is 6.01. The van der Waals surface area contributed by atoms with Gasteiger partial charge >= 0.3 is 5.97 Å². The predicted octanol–water partition coefficient (Wildman–Crippen LogP) is 0.344. The van der Waals surface area contributed by atoms with Crippen LogP contribution in [0, 0.1) is 0 Å². The molecule has 106 valence electrons. The lowest BCUT2D eigenvalue weighted by Gasteiger charge is -2.13. The van der Waals surface area contributed by atoms with Gasteiger partial charge < -0.3 is 20.3 Å². The SMILES string of the molecule is CCNc1nc(NCCC(=O)OC)nc(N(C)C)n1. The smallest absolute Gasteiger partial charge is 0.307 e. The van der Waals surface area contributed by atoms with Crippen molar-refractivity contribution in [3.63, 3.8) is 0 Å². The van der Waals surface area contributed by atoms with Gasteiger partial charge in [-0.3, -0.25) is 4.79 Å². The Kier molecular flexibility index (Phi) is 5.77. The predicted molar refractivity (Wildman–Crippen MR) is 73.4 cm³/mol. The number of anilines is 3. The van der Waals surface area contributed by atoms with E-state index < -0.39 is 0 Å². The van der Waals surface area contributed by atoms with E-state index in [2.05, 4.69) is 30.3 Å². The first-order valence-corrected chi connectivity index (χ1v) is 6.04. The van der Waals surface area contributed by atoms with Crippen molar-refractivity contribution in [2.45, 2.75) is 13.3 Å². The number of hydrogen-bond acceptors (Lipinski definition) is 8. The number of nitrogens with one attached hydrogen (secondary N) is 2. The van der Waals surface area contributed by atoms with E-state index in [0.717, 1.165) is 6.54 Å². The fourth-order valence-corrected chi connectivity index (χ4v) is 1.26. The third-order valence-electron chi connectivity index (χ3n) is 2.20. The van der Waals surface area contributed by atoms with Gasteiger partial charge in [0.1, 0.15) is 0 Å². The first-order valence-electron chi connectivity index (χ1n) is 6.04. The molecule has 19 heavy (non-hydrogen) atoms. The summed E-state index contributed by atoms with van der Waals surface area (Å²) in [6.07, 6.45) is 0.260. The van der Waals surface area contributed by atoms with Crippen LogP contribution < -0.4 is 15.5 Å². The maximum absolute atomic E-state index is 11.0. The average molecular weight is 268 g/mol. The highest BCUT2D eigenvalue weighted by atomic mass is 16.5. The first kappa shape index (κ1) is 14.9. The van der Waals surface area contributed by atoms with E-state index in [0.29, 0.717) is 24.4 Å². The van der Waals surface area contributed by atoms with Crippen LogP contribution in [-0.4, -0.2) is 55.2 Å². The molecule has 1 rings (SSSR count). The Balaban J connectivity index is 2.72. The molecular weight excluding hydrogens is 248 g/mol. The Bertz CT molecular complexity index is 424. The van der Waals surface area contributed by atoms with Crippen LogP contribution in [0.3, 0.4) is 0 Å². The molecule has 1 aromatic heterocycles. The van der Waals surface area contributed by atoms with Gasteiger partial charge in [-0.25, -0.2) is 0 Å². The molecule has 1 aromatic rings. The number of methoxy groups -OCH3 is 1. The van der Waals surface area contributed by atoms with Crippen LogP contribution in [0.5, 0.6) is 0 Å². The molecule has 0 aliphatic carbocycles. The highest BCUT2D eigenvalue weighted by Gasteiger charge is 2.08. The van der Waals surface area contributed by atoms with Crippen LogP contribution in [0.4, 0.5) is 17.8 Å². The molecule has 0 aliphatic heterocycles. The molecule has 2 N–H and O–H groups in total. The molecule has 0 radical (unpaired) electrons. The number of carbonyl (C=O) groups excluding carboxylic acids is 1. The van der Waals surface area contributed by atoms with Crippen molar-refractivity contribution >= 4 is 23.8 Å². The molecule has 0 atom stereocenters. The summed E-state index contributed by atoms with van der Waals surface area (Å²) in [6, 6.07) is 0. The lowest BCUT2D eigenvalue weighted by Crippen LogP contribution is -2.18. The van der Waals surface area contributed by atoms with Crippen LogP contribution in [0.15, 0.2) is 0 Å². The quantitative estimate of drug-likeness (QED) is 0.684. The van der Waals surface area contributed by atoms with Gasteiger partial charge in [0.25, 0.3) is 0 Å². The molecule has 0 fully saturated rings. The van der Waals surface area contributed by atoms with Gasteiger partial charge in [-0.15, -0.1) is 0 Å². The number of aromatic nitrogens is 3. The lowest BCUT2D eigenvalue weighted by atomic mass is 10.4. The number of ether oxygens (including phenoxy) is 1. The van der Waals surface area contributed by atoms with Crippen molar-refractivity contribution in [3.05, 3.63) is 0 Å². The zero-order valence-electron chi connectivity index (χ0n) is 11.7. The molecule has 0 unspecified atom stereocenters. The minimum absolute atomic E-state index is 0.260. The van der Waals surface area contributed by atoms with Crippen LogP contribution in [0.25, 0.3) is 0 Å². The molecule has 8 heteroatoms. The van der Waals surface area contributed by atoms with Crippen molar-refractivity contribution in [3.8, 4) is 0 Å². The van der Waals surface area contributed by atoms with Crippen molar-refractivity contribution in [2.75, 3.05) is 49.8 Å². The standard InChI is InChI=1S/C11H20N6O2/c1-5-12-9-14-10(13-7-6-8(18)19-4)16-11(15-9)17(2)3/h5-7H2,1-4H3,(H2,12,13,14,15,16). The first-order chi connectivity index (χ1) is 9.06. The fraction of sp³-hybridized carbons (Fsp3) is 0.636. The Hall–Kier alpha value is -2.12. The molecule has 8 nitrogen and oxygen atoms in total. The van der Waals surface area contributed by atoms with Crippen molar-refractivity contribution in [2.24, 2.45) is 0 Å². The van der Waals surface area contributed by atoms with Gasteiger partial charge in [0.05, 0.1) is 13.5 Å². The zero-order valence-corrected chi connectivity index (χ0v) is 11.7. The summed E-state index contributed by atoms with van der Waals surface area (Å²) in [7, 11) is 5.06. The van der Waals surface area contributed by atoms with Gasteiger partial charge in [-0.05, 0) is 6.92 Å². The Morgan fingerprint density at radius 3 is 2.37 bits per heavy atom. The van der Waals surface area contributed by atoms with Crippen molar-refractivity contribution in [1.82, 2.24) is 15.0 Å². The largest absolute Gasteiger partial charge is 0.469 e. The van der Waals surface area contributed by atoms with Crippen LogP contribution in [0.2, 0.25) is 0 Å². The maximum atomic E-state index is 11.0. The second-order valence-corrected chi connectivity index (χ2v) is 3.96. The molecule has 0 saturated carbocycles. The van der Waals surface area contributed by atoms with E-state index in [4.69, 9.17) is 0 Å². The monoisotopic (exact) mass is 268 g/mol. The zero-order chi connectivity index (χ0) is 14.3. The second-order valence-electron chi connectivity index (χ2n) is 3.96. The fourth-order valence-electron chi connectivity index (χ4n) is 1.26. The highest BCUT2D eigenvalue weighted by Crippen LogP contribution is 2.11.